The molecule has 3 aromatic carbocycles. The van der Waals surface area contributed by atoms with Gasteiger partial charge in [-0.25, -0.2) is 0 Å². The first-order chi connectivity index (χ1) is 15.8. The molecule has 33 heavy (non-hydrogen) atoms. The SMILES string of the molecule is COc1ccc(C(=O)CC(Nc2ccc([N+](=O)[O-])cc2)c2cccc([N+](=O)[O-])c2)cc1OC. The molecule has 170 valence electrons. The number of benzene rings is 3. The van der Waals surface area contributed by atoms with Crippen molar-refractivity contribution in [2.45, 2.75) is 12.5 Å². The van der Waals surface area contributed by atoms with Crippen molar-refractivity contribution < 1.29 is 24.1 Å². The quantitative estimate of drug-likeness (QED) is 0.260. The lowest BCUT2D eigenvalue weighted by Crippen LogP contribution is -2.16. The van der Waals surface area contributed by atoms with Gasteiger partial charge >= 0.3 is 0 Å². The minimum absolute atomic E-state index is 0.0341. The first-order valence-electron chi connectivity index (χ1n) is 9.83. The average Bonchev–Trinajstić information content (AvgIpc) is 2.83. The van der Waals surface area contributed by atoms with E-state index >= 15 is 0 Å². The van der Waals surface area contributed by atoms with Crippen molar-refractivity contribution in [3.63, 3.8) is 0 Å². The molecule has 0 spiro atoms. The van der Waals surface area contributed by atoms with Crippen LogP contribution in [0.15, 0.2) is 66.7 Å². The molecule has 0 heterocycles. The second-order valence-corrected chi connectivity index (χ2v) is 7.05. The minimum atomic E-state index is -0.632. The Morgan fingerprint density at radius 2 is 1.55 bits per heavy atom. The van der Waals surface area contributed by atoms with Crippen LogP contribution in [0.3, 0.4) is 0 Å². The molecule has 0 radical (unpaired) electrons. The van der Waals surface area contributed by atoms with Crippen LogP contribution in [0.1, 0.15) is 28.4 Å². The molecule has 1 unspecified atom stereocenters. The zero-order valence-electron chi connectivity index (χ0n) is 17.9. The molecule has 10 nitrogen and oxygen atoms in total. The normalized spacial score (nSPS) is 11.3. The molecule has 0 aliphatic carbocycles. The van der Waals surface area contributed by atoms with Crippen LogP contribution < -0.4 is 14.8 Å². The maximum Gasteiger partial charge on any atom is 0.269 e. The van der Waals surface area contributed by atoms with Gasteiger partial charge in [0.05, 0.1) is 30.1 Å². The molecule has 0 fully saturated rings. The second-order valence-electron chi connectivity index (χ2n) is 7.05. The van der Waals surface area contributed by atoms with Crippen LogP contribution in [0.4, 0.5) is 17.1 Å². The maximum absolute atomic E-state index is 13.1. The summed E-state index contributed by atoms with van der Waals surface area (Å²) in [6.07, 6.45) is -0.0341. The fourth-order valence-electron chi connectivity index (χ4n) is 3.30. The zero-order valence-corrected chi connectivity index (χ0v) is 17.9. The Morgan fingerprint density at radius 1 is 0.879 bits per heavy atom. The molecule has 0 saturated heterocycles. The number of non-ortho nitro benzene ring substituents is 2. The van der Waals surface area contributed by atoms with Gasteiger partial charge in [0.1, 0.15) is 0 Å². The topological polar surface area (TPSA) is 134 Å². The number of ketones is 1. The van der Waals surface area contributed by atoms with Crippen LogP contribution in [-0.2, 0) is 0 Å². The van der Waals surface area contributed by atoms with Crippen LogP contribution in [-0.4, -0.2) is 29.8 Å². The summed E-state index contributed by atoms with van der Waals surface area (Å²) in [5, 5.41) is 25.3. The number of Topliss-reactive ketones (excluding diaryl/α,β-unsaturated/α-hetero) is 1. The molecule has 0 bridgehead atoms. The summed E-state index contributed by atoms with van der Waals surface area (Å²) in [5.41, 5.74) is 1.25. The van der Waals surface area contributed by atoms with E-state index in [2.05, 4.69) is 5.32 Å². The third kappa shape index (κ3) is 5.62. The van der Waals surface area contributed by atoms with Gasteiger partial charge < -0.3 is 14.8 Å². The maximum atomic E-state index is 13.1. The van der Waals surface area contributed by atoms with Crippen LogP contribution in [0.2, 0.25) is 0 Å². The number of hydrogen-bond donors (Lipinski definition) is 1. The second kappa shape index (κ2) is 10.2. The van der Waals surface area contributed by atoms with Crippen LogP contribution in [0, 0.1) is 20.2 Å². The highest BCUT2D eigenvalue weighted by Crippen LogP contribution is 2.31. The summed E-state index contributed by atoms with van der Waals surface area (Å²) >= 11 is 0. The number of anilines is 1. The molecule has 3 rings (SSSR count). The summed E-state index contributed by atoms with van der Waals surface area (Å²) in [6, 6.07) is 15.9. The molecule has 0 aliphatic rings. The van der Waals surface area contributed by atoms with Gasteiger partial charge in [-0.2, -0.15) is 0 Å². The summed E-state index contributed by atoms with van der Waals surface area (Å²) in [4.78, 5) is 34.2. The number of carbonyl (C=O) groups is 1. The Labute approximate surface area is 189 Å². The summed E-state index contributed by atoms with van der Waals surface area (Å²) in [6.45, 7) is 0. The number of rotatable bonds is 10. The molecule has 0 aliphatic heterocycles. The fraction of sp³-hybridized carbons (Fsp3) is 0.174. The number of nitro benzene ring substituents is 2. The first-order valence-corrected chi connectivity index (χ1v) is 9.83. The summed E-state index contributed by atoms with van der Waals surface area (Å²) in [5.74, 6) is 0.647. The van der Waals surface area contributed by atoms with E-state index in [1.807, 2.05) is 0 Å². The molecule has 3 aromatic rings. The van der Waals surface area contributed by atoms with Gasteiger partial charge in [0.25, 0.3) is 11.4 Å². The van der Waals surface area contributed by atoms with Crippen molar-refractivity contribution in [2.75, 3.05) is 19.5 Å². The Hall–Kier alpha value is -4.47. The Morgan fingerprint density at radius 3 is 2.15 bits per heavy atom. The van der Waals surface area contributed by atoms with Gasteiger partial charge in [-0.1, -0.05) is 12.1 Å². The number of nitrogens with zero attached hydrogens (tertiary/aromatic N) is 2. The number of ether oxygens (including phenoxy) is 2. The zero-order chi connectivity index (χ0) is 24.0. The van der Waals surface area contributed by atoms with Crippen LogP contribution in [0.5, 0.6) is 11.5 Å². The number of nitro groups is 2. The molecular formula is C23H21N3O7. The predicted molar refractivity (Wildman–Crippen MR) is 121 cm³/mol. The van der Waals surface area contributed by atoms with Crippen molar-refractivity contribution in [1.29, 1.82) is 0 Å². The van der Waals surface area contributed by atoms with Crippen molar-refractivity contribution in [2.24, 2.45) is 0 Å². The number of methoxy groups -OCH3 is 2. The number of nitrogens with one attached hydrogen (secondary N) is 1. The monoisotopic (exact) mass is 451 g/mol. The Bertz CT molecular complexity index is 1180. The van der Waals surface area contributed by atoms with Crippen LogP contribution in [0.25, 0.3) is 0 Å². The van der Waals surface area contributed by atoms with Gasteiger partial charge in [0, 0.05) is 41.9 Å². The van der Waals surface area contributed by atoms with Gasteiger partial charge in [-0.3, -0.25) is 25.0 Å². The molecule has 0 aromatic heterocycles. The standard InChI is InChI=1S/C23H21N3O7/c1-32-22-11-6-16(13-23(22)33-2)21(27)14-20(15-4-3-5-19(12-15)26(30)31)24-17-7-9-18(10-8-17)25(28)29/h3-13,20,24H,14H2,1-2H3. The first kappa shape index (κ1) is 23.2. The van der Waals surface area contributed by atoms with Gasteiger partial charge in [-0.15, -0.1) is 0 Å². The highest BCUT2D eigenvalue weighted by atomic mass is 16.6. The lowest BCUT2D eigenvalue weighted by molar-refractivity contribution is -0.385. The highest BCUT2D eigenvalue weighted by molar-refractivity contribution is 5.97. The summed E-state index contributed by atoms with van der Waals surface area (Å²) in [7, 11) is 2.96. The van der Waals surface area contributed by atoms with E-state index in [-0.39, 0.29) is 23.6 Å². The molecule has 0 amide bonds. The van der Waals surface area contributed by atoms with Crippen molar-refractivity contribution in [3.05, 3.63) is 98.1 Å². The third-order valence-electron chi connectivity index (χ3n) is 5.00. The summed E-state index contributed by atoms with van der Waals surface area (Å²) < 4.78 is 10.5. The largest absolute Gasteiger partial charge is 0.493 e. The van der Waals surface area contributed by atoms with Crippen molar-refractivity contribution in [3.8, 4) is 11.5 Å². The fourth-order valence-corrected chi connectivity index (χ4v) is 3.30. The highest BCUT2D eigenvalue weighted by Gasteiger charge is 2.21. The lowest BCUT2D eigenvalue weighted by atomic mass is 9.97. The Kier molecular flexibility index (Phi) is 7.19. The molecule has 1 N–H and O–H groups in total. The predicted octanol–water partition coefficient (Wildman–Crippen LogP) is 4.95. The Balaban J connectivity index is 1.92. The van der Waals surface area contributed by atoms with E-state index < -0.39 is 15.9 Å². The van der Waals surface area contributed by atoms with E-state index in [4.69, 9.17) is 9.47 Å². The van der Waals surface area contributed by atoms with E-state index in [0.29, 0.717) is 28.3 Å². The molecule has 0 saturated carbocycles. The van der Waals surface area contributed by atoms with E-state index in [1.54, 1.807) is 30.3 Å². The molecule has 1 atom stereocenters. The van der Waals surface area contributed by atoms with E-state index in [0.717, 1.165) is 0 Å². The number of carbonyl (C=O) groups excluding carboxylic acids is 1. The van der Waals surface area contributed by atoms with E-state index in [1.165, 1.54) is 50.6 Å². The van der Waals surface area contributed by atoms with Crippen molar-refractivity contribution >= 4 is 22.8 Å². The van der Waals surface area contributed by atoms with Crippen molar-refractivity contribution in [1.82, 2.24) is 0 Å². The minimum Gasteiger partial charge on any atom is -0.493 e. The number of hydrogen-bond acceptors (Lipinski definition) is 8. The van der Waals surface area contributed by atoms with Gasteiger partial charge in [0.2, 0.25) is 0 Å². The van der Waals surface area contributed by atoms with Gasteiger partial charge in [0.15, 0.2) is 17.3 Å². The van der Waals surface area contributed by atoms with E-state index in [9.17, 15) is 25.0 Å². The molecule has 10 heteroatoms. The van der Waals surface area contributed by atoms with Crippen LogP contribution >= 0.6 is 0 Å². The van der Waals surface area contributed by atoms with Gasteiger partial charge in [-0.05, 0) is 35.9 Å². The molecular weight excluding hydrogens is 430 g/mol. The average molecular weight is 451 g/mol. The third-order valence-corrected chi connectivity index (χ3v) is 5.00. The smallest absolute Gasteiger partial charge is 0.269 e. The lowest BCUT2D eigenvalue weighted by Gasteiger charge is -2.20.